The minimum absolute atomic E-state index is 0.780. The van der Waals surface area contributed by atoms with Gasteiger partial charge in [0.15, 0.2) is 11.0 Å². The summed E-state index contributed by atoms with van der Waals surface area (Å²) in [5.74, 6) is 1.60. The first-order valence-electron chi connectivity index (χ1n) is 7.31. The topological polar surface area (TPSA) is 61.4 Å². The number of nitrogens with zero attached hydrogens (tertiary/aromatic N) is 6. The summed E-state index contributed by atoms with van der Waals surface area (Å²) >= 11 is 1.65. The lowest BCUT2D eigenvalue weighted by Crippen LogP contribution is -2.01. The Bertz CT molecular complexity index is 734. The Morgan fingerprint density at radius 1 is 1.09 bits per heavy atom. The molecule has 3 heterocycles. The number of thioether (sulfide) groups is 1. The molecular weight excluding hydrogens is 296 g/mol. The van der Waals surface area contributed by atoms with Gasteiger partial charge in [0.1, 0.15) is 5.69 Å². The van der Waals surface area contributed by atoms with Crippen LogP contribution in [0.3, 0.4) is 0 Å². The summed E-state index contributed by atoms with van der Waals surface area (Å²) in [5, 5.41) is 14.0. The Kier molecular flexibility index (Phi) is 4.53. The predicted octanol–water partition coefficient (Wildman–Crippen LogP) is 2.87. The van der Waals surface area contributed by atoms with E-state index in [-0.39, 0.29) is 0 Å². The van der Waals surface area contributed by atoms with E-state index in [0.717, 1.165) is 41.2 Å². The maximum atomic E-state index is 4.51. The van der Waals surface area contributed by atoms with Gasteiger partial charge < -0.3 is 4.57 Å². The minimum Gasteiger partial charge on any atom is -0.301 e. The van der Waals surface area contributed by atoms with Gasteiger partial charge in [-0.1, -0.05) is 17.8 Å². The molecule has 0 atom stereocenters. The Hall–Kier alpha value is -2.15. The second kappa shape index (κ2) is 6.74. The summed E-state index contributed by atoms with van der Waals surface area (Å²) in [6.07, 6.45) is 3.77. The highest BCUT2D eigenvalue weighted by Gasteiger charge is 2.15. The average Bonchev–Trinajstić information content (AvgIpc) is 3.19. The molecular formula is C15H18N6S. The first-order chi connectivity index (χ1) is 10.8. The van der Waals surface area contributed by atoms with Crippen molar-refractivity contribution in [3.8, 4) is 11.5 Å². The number of pyridine rings is 1. The van der Waals surface area contributed by atoms with Crippen LogP contribution in [0.5, 0.6) is 0 Å². The number of hydrogen-bond acceptors (Lipinski definition) is 5. The van der Waals surface area contributed by atoms with E-state index in [9.17, 15) is 0 Å². The van der Waals surface area contributed by atoms with Gasteiger partial charge in [0.2, 0.25) is 0 Å². The first-order valence-corrected chi connectivity index (χ1v) is 8.30. The van der Waals surface area contributed by atoms with E-state index >= 15 is 0 Å². The second-order valence-electron chi connectivity index (χ2n) is 4.72. The number of aromatic nitrogens is 6. The Balaban J connectivity index is 1.81. The van der Waals surface area contributed by atoms with E-state index in [1.54, 1.807) is 11.8 Å². The highest BCUT2D eigenvalue weighted by atomic mass is 32.2. The molecule has 22 heavy (non-hydrogen) atoms. The van der Waals surface area contributed by atoms with Gasteiger partial charge in [0.25, 0.3) is 0 Å². The largest absolute Gasteiger partial charge is 0.301 e. The van der Waals surface area contributed by atoms with Crippen LogP contribution in [0.2, 0.25) is 0 Å². The van der Waals surface area contributed by atoms with Gasteiger partial charge in [-0.25, -0.2) is 0 Å². The molecule has 0 unspecified atom stereocenters. The Labute approximate surface area is 133 Å². The lowest BCUT2D eigenvalue weighted by Gasteiger charge is -2.05. The summed E-state index contributed by atoms with van der Waals surface area (Å²) in [6.45, 7) is 5.82. The third-order valence-electron chi connectivity index (χ3n) is 3.30. The maximum Gasteiger partial charge on any atom is 0.191 e. The fraction of sp³-hybridized carbons (Fsp3) is 0.333. The van der Waals surface area contributed by atoms with Crippen molar-refractivity contribution in [3.63, 3.8) is 0 Å². The first kappa shape index (κ1) is 14.8. The summed E-state index contributed by atoms with van der Waals surface area (Å²) in [6, 6.07) is 7.91. The number of hydrogen-bond donors (Lipinski definition) is 0. The molecule has 3 rings (SSSR count). The molecule has 0 radical (unpaired) electrons. The van der Waals surface area contributed by atoms with Crippen molar-refractivity contribution in [2.24, 2.45) is 0 Å². The molecule has 0 N–H and O–H groups in total. The van der Waals surface area contributed by atoms with Crippen LogP contribution < -0.4 is 0 Å². The lowest BCUT2D eigenvalue weighted by molar-refractivity contribution is 0.653. The van der Waals surface area contributed by atoms with Gasteiger partial charge in [-0.3, -0.25) is 9.67 Å². The SMILES string of the molecule is CCn1ccc(-c2nnc(SCc3ccccn3)n2CC)n1. The molecule has 3 aromatic rings. The van der Waals surface area contributed by atoms with Gasteiger partial charge in [-0.15, -0.1) is 10.2 Å². The minimum atomic E-state index is 0.780. The van der Waals surface area contributed by atoms with Gasteiger partial charge in [0, 0.05) is 31.2 Å². The molecule has 0 bridgehead atoms. The van der Waals surface area contributed by atoms with Gasteiger partial charge >= 0.3 is 0 Å². The molecule has 3 aromatic heterocycles. The van der Waals surface area contributed by atoms with Crippen molar-refractivity contribution in [1.82, 2.24) is 29.5 Å². The molecule has 0 saturated heterocycles. The van der Waals surface area contributed by atoms with Crippen LogP contribution >= 0.6 is 11.8 Å². The molecule has 0 aliphatic carbocycles. The molecule has 0 aliphatic rings. The van der Waals surface area contributed by atoms with Crippen LogP contribution in [0, 0.1) is 0 Å². The molecule has 0 spiro atoms. The van der Waals surface area contributed by atoms with Crippen molar-refractivity contribution in [2.45, 2.75) is 37.8 Å². The molecule has 0 amide bonds. The third-order valence-corrected chi connectivity index (χ3v) is 4.30. The van der Waals surface area contributed by atoms with Crippen molar-refractivity contribution in [2.75, 3.05) is 0 Å². The van der Waals surface area contributed by atoms with E-state index < -0.39 is 0 Å². The smallest absolute Gasteiger partial charge is 0.191 e. The number of rotatable bonds is 6. The molecule has 0 fully saturated rings. The van der Waals surface area contributed by atoms with Crippen molar-refractivity contribution in [1.29, 1.82) is 0 Å². The monoisotopic (exact) mass is 314 g/mol. The number of aryl methyl sites for hydroxylation is 1. The molecule has 114 valence electrons. The Morgan fingerprint density at radius 2 is 2.00 bits per heavy atom. The van der Waals surface area contributed by atoms with Crippen LogP contribution in [-0.4, -0.2) is 29.5 Å². The zero-order valence-corrected chi connectivity index (χ0v) is 13.5. The molecule has 6 nitrogen and oxygen atoms in total. The van der Waals surface area contributed by atoms with Crippen molar-refractivity contribution < 1.29 is 0 Å². The zero-order valence-electron chi connectivity index (χ0n) is 12.7. The van der Waals surface area contributed by atoms with E-state index in [1.807, 2.05) is 41.3 Å². The van der Waals surface area contributed by atoms with Gasteiger partial charge in [-0.2, -0.15) is 5.10 Å². The zero-order chi connectivity index (χ0) is 15.4. The van der Waals surface area contributed by atoms with Crippen LogP contribution in [0.1, 0.15) is 19.5 Å². The molecule has 0 aliphatic heterocycles. The summed E-state index contributed by atoms with van der Waals surface area (Å²) in [7, 11) is 0. The van der Waals surface area contributed by atoms with Gasteiger partial charge in [-0.05, 0) is 32.0 Å². The summed E-state index contributed by atoms with van der Waals surface area (Å²) < 4.78 is 3.99. The average molecular weight is 314 g/mol. The standard InChI is InChI=1S/C15H18N6S/c1-3-20-10-8-13(19-20)14-17-18-15(21(14)4-2)22-11-12-7-5-6-9-16-12/h5-10H,3-4,11H2,1-2H3. The lowest BCUT2D eigenvalue weighted by atomic mass is 10.4. The molecule has 0 aromatic carbocycles. The van der Waals surface area contributed by atoms with Crippen molar-refractivity contribution >= 4 is 11.8 Å². The van der Waals surface area contributed by atoms with E-state index in [0.29, 0.717) is 0 Å². The highest BCUT2D eigenvalue weighted by molar-refractivity contribution is 7.98. The highest BCUT2D eigenvalue weighted by Crippen LogP contribution is 2.24. The maximum absolute atomic E-state index is 4.51. The normalized spacial score (nSPS) is 11.0. The Morgan fingerprint density at radius 3 is 2.68 bits per heavy atom. The van der Waals surface area contributed by atoms with Gasteiger partial charge in [0.05, 0.1) is 5.69 Å². The fourth-order valence-electron chi connectivity index (χ4n) is 2.15. The van der Waals surface area contributed by atoms with Crippen LogP contribution in [0.25, 0.3) is 11.5 Å². The fourth-order valence-corrected chi connectivity index (χ4v) is 3.07. The quantitative estimate of drug-likeness (QED) is 0.655. The predicted molar refractivity (Wildman–Crippen MR) is 86.4 cm³/mol. The van der Waals surface area contributed by atoms with Crippen LogP contribution in [0.15, 0.2) is 41.8 Å². The summed E-state index contributed by atoms with van der Waals surface area (Å²) in [4.78, 5) is 4.33. The van der Waals surface area contributed by atoms with Crippen LogP contribution in [-0.2, 0) is 18.8 Å². The van der Waals surface area contributed by atoms with E-state index in [1.165, 1.54) is 0 Å². The molecule has 7 heteroatoms. The van der Waals surface area contributed by atoms with E-state index in [2.05, 4.69) is 38.7 Å². The summed E-state index contributed by atoms with van der Waals surface area (Å²) in [5.41, 5.74) is 1.90. The third kappa shape index (κ3) is 3.04. The van der Waals surface area contributed by atoms with Crippen LogP contribution in [0.4, 0.5) is 0 Å². The van der Waals surface area contributed by atoms with Crippen molar-refractivity contribution in [3.05, 3.63) is 42.4 Å². The molecule has 0 saturated carbocycles. The van der Waals surface area contributed by atoms with E-state index in [4.69, 9.17) is 0 Å². The second-order valence-corrected chi connectivity index (χ2v) is 5.66.